The number of methoxy groups -OCH3 is 1. The van der Waals surface area contributed by atoms with E-state index in [0.717, 1.165) is 24.6 Å². The van der Waals surface area contributed by atoms with Gasteiger partial charge >= 0.3 is 0 Å². The maximum absolute atomic E-state index is 13.8. The summed E-state index contributed by atoms with van der Waals surface area (Å²) in [5.74, 6) is 0.0806. The first-order chi connectivity index (χ1) is 13.0. The van der Waals surface area contributed by atoms with Crippen LogP contribution in [0, 0.1) is 11.7 Å². The molecule has 4 nitrogen and oxygen atoms in total. The molecule has 144 valence electrons. The Morgan fingerprint density at radius 1 is 1.19 bits per heavy atom. The first-order valence-corrected chi connectivity index (χ1v) is 9.47. The summed E-state index contributed by atoms with van der Waals surface area (Å²) in [5, 5.41) is 2.92. The Morgan fingerprint density at radius 2 is 1.85 bits per heavy atom. The molecule has 1 aliphatic rings. The van der Waals surface area contributed by atoms with E-state index < -0.39 is 5.82 Å². The van der Waals surface area contributed by atoms with Gasteiger partial charge in [-0.25, -0.2) is 4.39 Å². The van der Waals surface area contributed by atoms with Crippen LogP contribution in [0.4, 0.5) is 10.1 Å². The normalized spacial score (nSPS) is 16.1. The quantitative estimate of drug-likeness (QED) is 0.839. The molecular formula is C22H27FN2O2. The lowest BCUT2D eigenvalue weighted by Gasteiger charge is -2.32. The third kappa shape index (κ3) is 4.59. The molecule has 1 atom stereocenters. The molecule has 1 N–H and O–H groups in total. The Balaban J connectivity index is 1.63. The van der Waals surface area contributed by atoms with E-state index in [-0.39, 0.29) is 23.3 Å². The van der Waals surface area contributed by atoms with Gasteiger partial charge in [0, 0.05) is 24.3 Å². The van der Waals surface area contributed by atoms with Crippen molar-refractivity contribution >= 4 is 11.6 Å². The fraction of sp³-hybridized carbons (Fsp3) is 0.409. The zero-order valence-electron chi connectivity index (χ0n) is 16.2. The van der Waals surface area contributed by atoms with Crippen molar-refractivity contribution in [3.8, 4) is 5.75 Å². The van der Waals surface area contributed by atoms with Crippen LogP contribution < -0.4 is 15.0 Å². The number of hydrogen-bond donors (Lipinski definition) is 1. The van der Waals surface area contributed by atoms with E-state index in [0.29, 0.717) is 0 Å². The molecule has 1 fully saturated rings. The number of ether oxygens (including phenoxy) is 1. The summed E-state index contributed by atoms with van der Waals surface area (Å²) in [7, 11) is 1.40. The first kappa shape index (κ1) is 19.2. The number of nitrogens with zero attached hydrogens (tertiary/aromatic N) is 1. The second kappa shape index (κ2) is 8.42. The summed E-state index contributed by atoms with van der Waals surface area (Å²) in [4.78, 5) is 14.8. The van der Waals surface area contributed by atoms with Gasteiger partial charge in [0.15, 0.2) is 11.6 Å². The highest BCUT2D eigenvalue weighted by Crippen LogP contribution is 2.25. The summed E-state index contributed by atoms with van der Waals surface area (Å²) >= 11 is 0. The van der Waals surface area contributed by atoms with Crippen LogP contribution in [0.1, 0.15) is 48.7 Å². The van der Waals surface area contributed by atoms with Crippen molar-refractivity contribution in [2.75, 3.05) is 25.1 Å². The van der Waals surface area contributed by atoms with Crippen LogP contribution in [0.15, 0.2) is 42.5 Å². The number of amides is 1. The van der Waals surface area contributed by atoms with Crippen molar-refractivity contribution in [1.29, 1.82) is 0 Å². The molecule has 2 aromatic rings. The number of anilines is 1. The van der Waals surface area contributed by atoms with Crippen molar-refractivity contribution < 1.29 is 13.9 Å². The Bertz CT molecular complexity index is 783. The number of halogens is 1. The highest BCUT2D eigenvalue weighted by atomic mass is 19.1. The molecule has 1 heterocycles. The molecule has 0 unspecified atom stereocenters. The topological polar surface area (TPSA) is 41.6 Å². The molecule has 0 spiro atoms. The van der Waals surface area contributed by atoms with Gasteiger partial charge in [-0.15, -0.1) is 0 Å². The van der Waals surface area contributed by atoms with Crippen molar-refractivity contribution in [3.63, 3.8) is 0 Å². The Labute approximate surface area is 160 Å². The molecule has 1 saturated heterocycles. The minimum absolute atomic E-state index is 0.127. The van der Waals surface area contributed by atoms with Crippen LogP contribution >= 0.6 is 0 Å². The Kier molecular flexibility index (Phi) is 5.99. The van der Waals surface area contributed by atoms with Gasteiger partial charge in [0.1, 0.15) is 0 Å². The molecule has 5 heteroatoms. The zero-order chi connectivity index (χ0) is 19.4. The Morgan fingerprint density at radius 3 is 2.44 bits per heavy atom. The smallest absolute Gasteiger partial charge is 0.251 e. The van der Waals surface area contributed by atoms with Gasteiger partial charge in [0.2, 0.25) is 0 Å². The summed E-state index contributed by atoms with van der Waals surface area (Å²) in [6, 6.07) is 12.4. The largest absolute Gasteiger partial charge is 0.494 e. The number of benzene rings is 2. The number of nitrogens with one attached hydrogen (secondary N) is 1. The van der Waals surface area contributed by atoms with E-state index in [2.05, 4.69) is 29.3 Å². The van der Waals surface area contributed by atoms with Gasteiger partial charge in [-0.2, -0.15) is 0 Å². The van der Waals surface area contributed by atoms with Crippen molar-refractivity contribution in [3.05, 3.63) is 59.4 Å². The van der Waals surface area contributed by atoms with E-state index in [1.807, 2.05) is 19.1 Å². The van der Waals surface area contributed by atoms with E-state index >= 15 is 0 Å². The average Bonchev–Trinajstić information content (AvgIpc) is 2.68. The first-order valence-electron chi connectivity index (χ1n) is 9.47. The standard InChI is InChI=1S/C22H27FN2O2/c1-15-10-12-25(13-11-15)19-7-4-17(5-8-19)16(2)24-22(26)18-6-9-21(27-3)20(23)14-18/h4-9,14-16H,10-13H2,1-3H3,(H,24,26)/t16-/m1/s1. The van der Waals surface area contributed by atoms with Crippen LogP contribution in [0.25, 0.3) is 0 Å². The molecule has 0 aromatic heterocycles. The van der Waals surface area contributed by atoms with Crippen molar-refractivity contribution in [2.45, 2.75) is 32.7 Å². The minimum Gasteiger partial charge on any atom is -0.494 e. The Hall–Kier alpha value is -2.56. The number of piperidine rings is 1. The second-order valence-corrected chi connectivity index (χ2v) is 7.31. The predicted octanol–water partition coefficient (Wildman–Crippen LogP) is 4.56. The number of hydrogen-bond acceptors (Lipinski definition) is 3. The fourth-order valence-corrected chi connectivity index (χ4v) is 3.41. The van der Waals surface area contributed by atoms with E-state index in [9.17, 15) is 9.18 Å². The lowest BCUT2D eigenvalue weighted by molar-refractivity contribution is 0.0939. The van der Waals surface area contributed by atoms with Gasteiger partial charge in [-0.3, -0.25) is 4.79 Å². The van der Waals surface area contributed by atoms with Gasteiger partial charge in [0.25, 0.3) is 5.91 Å². The maximum atomic E-state index is 13.8. The number of rotatable bonds is 5. The van der Waals surface area contributed by atoms with Crippen molar-refractivity contribution in [1.82, 2.24) is 5.32 Å². The maximum Gasteiger partial charge on any atom is 0.251 e. The third-order valence-corrected chi connectivity index (χ3v) is 5.30. The van der Waals surface area contributed by atoms with Crippen LogP contribution in [-0.2, 0) is 0 Å². The molecule has 27 heavy (non-hydrogen) atoms. The highest BCUT2D eigenvalue weighted by molar-refractivity contribution is 5.94. The van der Waals surface area contributed by atoms with Gasteiger partial charge in [-0.05, 0) is 61.6 Å². The van der Waals surface area contributed by atoms with Gasteiger partial charge in [-0.1, -0.05) is 19.1 Å². The van der Waals surface area contributed by atoms with E-state index in [1.165, 1.54) is 37.8 Å². The number of carbonyl (C=O) groups is 1. The molecule has 0 saturated carbocycles. The van der Waals surface area contributed by atoms with E-state index in [1.54, 1.807) is 6.07 Å². The van der Waals surface area contributed by atoms with Crippen LogP contribution in [0.2, 0.25) is 0 Å². The predicted molar refractivity (Wildman–Crippen MR) is 106 cm³/mol. The molecule has 0 aliphatic carbocycles. The number of carbonyl (C=O) groups excluding carboxylic acids is 1. The monoisotopic (exact) mass is 370 g/mol. The summed E-state index contributed by atoms with van der Waals surface area (Å²) in [6.07, 6.45) is 2.46. The van der Waals surface area contributed by atoms with Crippen LogP contribution in [0.5, 0.6) is 5.75 Å². The van der Waals surface area contributed by atoms with Gasteiger partial charge < -0.3 is 15.0 Å². The van der Waals surface area contributed by atoms with Gasteiger partial charge in [0.05, 0.1) is 13.2 Å². The second-order valence-electron chi connectivity index (χ2n) is 7.31. The molecule has 1 amide bonds. The lowest BCUT2D eigenvalue weighted by Crippen LogP contribution is -2.32. The molecule has 2 aromatic carbocycles. The zero-order valence-corrected chi connectivity index (χ0v) is 16.2. The van der Waals surface area contributed by atoms with E-state index in [4.69, 9.17) is 4.74 Å². The summed E-state index contributed by atoms with van der Waals surface area (Å²) < 4.78 is 18.7. The van der Waals surface area contributed by atoms with Crippen LogP contribution in [0.3, 0.4) is 0 Å². The molecule has 0 bridgehead atoms. The summed E-state index contributed by atoms with van der Waals surface area (Å²) in [5.41, 5.74) is 2.52. The lowest BCUT2D eigenvalue weighted by atomic mass is 9.98. The third-order valence-electron chi connectivity index (χ3n) is 5.30. The SMILES string of the molecule is COc1ccc(C(=O)N[C@H](C)c2ccc(N3CCC(C)CC3)cc2)cc1F. The minimum atomic E-state index is -0.544. The van der Waals surface area contributed by atoms with Crippen molar-refractivity contribution in [2.24, 2.45) is 5.92 Å². The highest BCUT2D eigenvalue weighted by Gasteiger charge is 2.17. The average molecular weight is 370 g/mol. The summed E-state index contributed by atoms with van der Waals surface area (Å²) in [6.45, 7) is 6.42. The van der Waals surface area contributed by atoms with Crippen LogP contribution in [-0.4, -0.2) is 26.1 Å². The molecule has 0 radical (unpaired) electrons. The fourth-order valence-electron chi connectivity index (χ4n) is 3.41. The molecule has 1 aliphatic heterocycles. The molecule has 3 rings (SSSR count). The molecular weight excluding hydrogens is 343 g/mol.